The Bertz CT molecular complexity index is 716. The van der Waals surface area contributed by atoms with E-state index in [1.165, 1.54) is 12.3 Å². The molecule has 0 radical (unpaired) electrons. The van der Waals surface area contributed by atoms with Gasteiger partial charge in [0.15, 0.2) is 4.96 Å². The molecule has 0 aliphatic carbocycles. The zero-order valence-corrected chi connectivity index (χ0v) is 9.82. The van der Waals surface area contributed by atoms with Crippen LogP contribution in [0, 0.1) is 5.82 Å². The molecule has 0 unspecified atom stereocenters. The lowest BCUT2D eigenvalue weighted by molar-refractivity contribution is 0.0702. The molecule has 2 aromatic heterocycles. The molecule has 18 heavy (non-hydrogen) atoms. The third kappa shape index (κ3) is 1.67. The van der Waals surface area contributed by atoms with Gasteiger partial charge in [0.1, 0.15) is 10.7 Å². The van der Waals surface area contributed by atoms with Gasteiger partial charge in [-0.2, -0.15) is 0 Å². The molecule has 0 saturated heterocycles. The fourth-order valence-electron chi connectivity index (χ4n) is 1.69. The SMILES string of the molecule is O=C(O)c1cn2cc(-c3ccccc3F)nc2s1. The van der Waals surface area contributed by atoms with E-state index in [4.69, 9.17) is 5.11 Å². The van der Waals surface area contributed by atoms with E-state index < -0.39 is 5.97 Å². The third-order valence-corrected chi connectivity index (χ3v) is 3.50. The Balaban J connectivity index is 2.12. The first-order valence-corrected chi connectivity index (χ1v) is 5.93. The number of carbonyl (C=O) groups is 1. The standard InChI is InChI=1S/C12H7FN2O2S/c13-8-4-2-1-3-7(8)9-5-15-6-10(11(16)17)18-12(15)14-9/h1-6H,(H,16,17). The van der Waals surface area contributed by atoms with E-state index in [-0.39, 0.29) is 10.7 Å². The molecule has 1 aromatic carbocycles. The van der Waals surface area contributed by atoms with Gasteiger partial charge in [0.25, 0.3) is 0 Å². The van der Waals surface area contributed by atoms with Crippen molar-refractivity contribution in [2.75, 3.05) is 0 Å². The summed E-state index contributed by atoms with van der Waals surface area (Å²) in [6, 6.07) is 6.35. The molecule has 0 saturated carbocycles. The molecule has 0 atom stereocenters. The van der Waals surface area contributed by atoms with Gasteiger partial charge in [-0.25, -0.2) is 14.2 Å². The molecule has 0 aliphatic rings. The summed E-state index contributed by atoms with van der Waals surface area (Å²) in [5.41, 5.74) is 0.904. The van der Waals surface area contributed by atoms with Crippen LogP contribution < -0.4 is 0 Å². The highest BCUT2D eigenvalue weighted by atomic mass is 32.1. The molecule has 6 heteroatoms. The van der Waals surface area contributed by atoms with Crippen molar-refractivity contribution in [3.8, 4) is 11.3 Å². The van der Waals surface area contributed by atoms with Gasteiger partial charge in [-0.3, -0.25) is 4.40 Å². The minimum atomic E-state index is -0.988. The second-order valence-electron chi connectivity index (χ2n) is 3.70. The van der Waals surface area contributed by atoms with Gasteiger partial charge >= 0.3 is 5.97 Å². The van der Waals surface area contributed by atoms with Gasteiger partial charge in [-0.15, -0.1) is 0 Å². The number of benzene rings is 1. The average Bonchev–Trinajstić information content (AvgIpc) is 2.87. The van der Waals surface area contributed by atoms with Crippen LogP contribution in [0.4, 0.5) is 4.39 Å². The molecular formula is C12H7FN2O2S. The Morgan fingerprint density at radius 3 is 2.78 bits per heavy atom. The molecule has 3 rings (SSSR count). The molecule has 90 valence electrons. The van der Waals surface area contributed by atoms with Crippen LogP contribution in [0.1, 0.15) is 9.67 Å². The number of rotatable bonds is 2. The van der Waals surface area contributed by atoms with Crippen molar-refractivity contribution in [3.05, 3.63) is 47.4 Å². The van der Waals surface area contributed by atoms with Gasteiger partial charge in [0.2, 0.25) is 0 Å². The van der Waals surface area contributed by atoms with Crippen molar-refractivity contribution >= 4 is 22.3 Å². The monoisotopic (exact) mass is 262 g/mol. The Labute approximate surface area is 105 Å². The summed E-state index contributed by atoms with van der Waals surface area (Å²) in [5, 5.41) is 8.84. The maximum absolute atomic E-state index is 13.6. The lowest BCUT2D eigenvalue weighted by Gasteiger charge is -1.96. The molecule has 2 heterocycles. The quantitative estimate of drug-likeness (QED) is 0.772. The van der Waals surface area contributed by atoms with E-state index in [0.717, 1.165) is 11.3 Å². The summed E-state index contributed by atoms with van der Waals surface area (Å²) in [7, 11) is 0. The van der Waals surface area contributed by atoms with Crippen molar-refractivity contribution in [3.63, 3.8) is 0 Å². The summed E-state index contributed by atoms with van der Waals surface area (Å²) < 4.78 is 15.2. The fraction of sp³-hybridized carbons (Fsp3) is 0. The molecule has 0 amide bonds. The van der Waals surface area contributed by atoms with Crippen molar-refractivity contribution in [2.45, 2.75) is 0 Å². The van der Waals surface area contributed by atoms with Crippen LogP contribution in [0.25, 0.3) is 16.2 Å². The first kappa shape index (κ1) is 10.9. The van der Waals surface area contributed by atoms with Gasteiger partial charge in [-0.1, -0.05) is 23.5 Å². The van der Waals surface area contributed by atoms with Crippen LogP contribution in [-0.2, 0) is 0 Å². The Morgan fingerprint density at radius 2 is 2.11 bits per heavy atom. The number of hydrogen-bond donors (Lipinski definition) is 1. The smallest absolute Gasteiger partial charge is 0.347 e. The number of thiazole rings is 1. The first-order chi connectivity index (χ1) is 8.65. The van der Waals surface area contributed by atoms with Gasteiger partial charge in [-0.05, 0) is 12.1 Å². The minimum absolute atomic E-state index is 0.206. The van der Waals surface area contributed by atoms with E-state index in [9.17, 15) is 9.18 Å². The molecule has 0 spiro atoms. The van der Waals surface area contributed by atoms with Crippen LogP contribution in [-0.4, -0.2) is 20.5 Å². The van der Waals surface area contributed by atoms with Gasteiger partial charge in [0.05, 0.1) is 5.69 Å². The lowest BCUT2D eigenvalue weighted by Crippen LogP contribution is -1.90. The molecule has 0 fully saturated rings. The van der Waals surface area contributed by atoms with Crippen molar-refractivity contribution < 1.29 is 14.3 Å². The summed E-state index contributed by atoms with van der Waals surface area (Å²) in [4.78, 5) is 15.8. The predicted octanol–water partition coefficient (Wildman–Crippen LogP) is 2.90. The topological polar surface area (TPSA) is 54.6 Å². The number of fused-ring (bicyclic) bond motifs is 1. The highest BCUT2D eigenvalue weighted by molar-refractivity contribution is 7.18. The number of carboxylic acid groups (broad SMARTS) is 1. The Kier molecular flexibility index (Phi) is 2.38. The summed E-state index contributed by atoms with van der Waals surface area (Å²) in [5.74, 6) is -1.33. The van der Waals surface area contributed by atoms with E-state index >= 15 is 0 Å². The number of carboxylic acids is 1. The maximum atomic E-state index is 13.6. The van der Waals surface area contributed by atoms with Crippen LogP contribution >= 0.6 is 11.3 Å². The van der Waals surface area contributed by atoms with Crippen LogP contribution in [0.15, 0.2) is 36.7 Å². The molecular weight excluding hydrogens is 255 g/mol. The lowest BCUT2D eigenvalue weighted by atomic mass is 10.1. The van der Waals surface area contributed by atoms with Crippen molar-refractivity contribution in [1.82, 2.24) is 9.38 Å². The van der Waals surface area contributed by atoms with E-state index in [1.807, 2.05) is 0 Å². The number of imidazole rings is 1. The van der Waals surface area contributed by atoms with E-state index in [0.29, 0.717) is 16.2 Å². The minimum Gasteiger partial charge on any atom is -0.477 e. The largest absolute Gasteiger partial charge is 0.477 e. The third-order valence-electron chi connectivity index (χ3n) is 2.52. The number of hydrogen-bond acceptors (Lipinski definition) is 3. The van der Waals surface area contributed by atoms with Crippen LogP contribution in [0.2, 0.25) is 0 Å². The Morgan fingerprint density at radius 1 is 1.33 bits per heavy atom. The first-order valence-electron chi connectivity index (χ1n) is 5.12. The number of nitrogens with zero attached hydrogens (tertiary/aromatic N) is 2. The molecule has 3 aromatic rings. The summed E-state index contributed by atoms with van der Waals surface area (Å²) in [6.07, 6.45) is 3.09. The zero-order chi connectivity index (χ0) is 12.7. The predicted molar refractivity (Wildman–Crippen MR) is 65.4 cm³/mol. The molecule has 4 nitrogen and oxygen atoms in total. The Hall–Kier alpha value is -2.21. The number of aromatic carboxylic acids is 1. The van der Waals surface area contributed by atoms with Crippen LogP contribution in [0.5, 0.6) is 0 Å². The maximum Gasteiger partial charge on any atom is 0.347 e. The van der Waals surface area contributed by atoms with Crippen molar-refractivity contribution in [2.24, 2.45) is 0 Å². The van der Waals surface area contributed by atoms with Gasteiger partial charge in [0, 0.05) is 18.0 Å². The van der Waals surface area contributed by atoms with Crippen molar-refractivity contribution in [1.29, 1.82) is 0 Å². The second kappa shape index (κ2) is 3.92. The molecule has 0 aliphatic heterocycles. The normalized spacial score (nSPS) is 10.9. The van der Waals surface area contributed by atoms with Gasteiger partial charge < -0.3 is 5.11 Å². The highest BCUT2D eigenvalue weighted by Crippen LogP contribution is 2.25. The fourth-order valence-corrected chi connectivity index (χ4v) is 2.50. The van der Waals surface area contributed by atoms with E-state index in [2.05, 4.69) is 4.98 Å². The molecule has 1 N–H and O–H groups in total. The zero-order valence-electron chi connectivity index (χ0n) is 9.00. The van der Waals surface area contributed by atoms with Crippen LogP contribution in [0.3, 0.4) is 0 Å². The average molecular weight is 262 g/mol. The number of halogens is 1. The second-order valence-corrected chi connectivity index (χ2v) is 4.71. The summed E-state index contributed by atoms with van der Waals surface area (Å²) in [6.45, 7) is 0. The highest BCUT2D eigenvalue weighted by Gasteiger charge is 2.13. The number of aromatic nitrogens is 2. The summed E-state index contributed by atoms with van der Waals surface area (Å²) >= 11 is 1.06. The van der Waals surface area contributed by atoms with E-state index in [1.54, 1.807) is 28.8 Å². The molecule has 0 bridgehead atoms.